The van der Waals surface area contributed by atoms with E-state index in [0.717, 1.165) is 25.0 Å². The van der Waals surface area contributed by atoms with Crippen molar-refractivity contribution >= 4 is 16.9 Å². The molecule has 1 heterocycles. The third kappa shape index (κ3) is 2.97. The average molecular weight is 337 g/mol. The van der Waals surface area contributed by atoms with E-state index in [9.17, 15) is 18.0 Å². The monoisotopic (exact) mass is 337 g/mol. The van der Waals surface area contributed by atoms with Crippen molar-refractivity contribution < 1.29 is 22.7 Å². The van der Waals surface area contributed by atoms with Crippen LogP contribution in [-0.2, 0) is 17.3 Å². The number of nitrogens with zero attached hydrogens (tertiary/aromatic N) is 1. The quantitative estimate of drug-likeness (QED) is 0.747. The van der Waals surface area contributed by atoms with E-state index in [4.69, 9.17) is 4.74 Å². The van der Waals surface area contributed by atoms with Crippen molar-refractivity contribution in [1.29, 1.82) is 0 Å². The van der Waals surface area contributed by atoms with Gasteiger partial charge in [-0.25, -0.2) is 4.79 Å². The second kappa shape index (κ2) is 6.07. The Morgan fingerprint density at radius 1 is 1.29 bits per heavy atom. The largest absolute Gasteiger partial charge is 0.462 e. The lowest BCUT2D eigenvalue weighted by molar-refractivity contribution is -0.137. The van der Waals surface area contributed by atoms with Crippen molar-refractivity contribution in [2.24, 2.45) is 0 Å². The van der Waals surface area contributed by atoms with Crippen LogP contribution >= 0.6 is 0 Å². The molecule has 0 aliphatic heterocycles. The molecule has 128 valence electrons. The van der Waals surface area contributed by atoms with Crippen molar-refractivity contribution in [3.05, 3.63) is 40.6 Å². The number of esters is 1. The molecule has 3 nitrogen and oxygen atoms in total. The Morgan fingerprint density at radius 2 is 2.00 bits per heavy atom. The lowest BCUT2D eigenvalue weighted by Crippen LogP contribution is -2.14. The fourth-order valence-electron chi connectivity index (χ4n) is 2.98. The maximum Gasteiger partial charge on any atom is 0.416 e. The third-order valence-electron chi connectivity index (χ3n) is 4.24. The van der Waals surface area contributed by atoms with Gasteiger partial charge in [-0.2, -0.15) is 13.2 Å². The number of benzene rings is 1. The van der Waals surface area contributed by atoms with Crippen LogP contribution in [0.4, 0.5) is 13.2 Å². The molecule has 0 radical (unpaired) electrons. The molecule has 1 aliphatic rings. The van der Waals surface area contributed by atoms with E-state index in [2.05, 4.69) is 4.98 Å². The summed E-state index contributed by atoms with van der Waals surface area (Å²) < 4.78 is 44.2. The Balaban J connectivity index is 2.28. The molecule has 0 N–H and O–H groups in total. The van der Waals surface area contributed by atoms with Crippen LogP contribution in [0.25, 0.3) is 10.9 Å². The molecular weight excluding hydrogens is 319 g/mol. The van der Waals surface area contributed by atoms with Crippen LogP contribution in [0.3, 0.4) is 0 Å². The van der Waals surface area contributed by atoms with E-state index < -0.39 is 17.7 Å². The number of aromatic nitrogens is 1. The molecular formula is C18H18F3NO2. The molecule has 2 aromatic rings. The van der Waals surface area contributed by atoms with Crippen LogP contribution in [-0.4, -0.2) is 17.6 Å². The van der Waals surface area contributed by atoms with Crippen LogP contribution < -0.4 is 0 Å². The number of carbonyl (C=O) groups is 1. The number of pyridine rings is 1. The molecule has 1 fully saturated rings. The smallest absolute Gasteiger partial charge is 0.416 e. The summed E-state index contributed by atoms with van der Waals surface area (Å²) in [7, 11) is 0. The summed E-state index contributed by atoms with van der Waals surface area (Å²) in [6.45, 7) is 3.75. The van der Waals surface area contributed by atoms with E-state index in [1.54, 1.807) is 6.92 Å². The summed E-state index contributed by atoms with van der Waals surface area (Å²) in [4.78, 5) is 16.9. The van der Waals surface area contributed by atoms with Crippen LogP contribution in [0.2, 0.25) is 0 Å². The number of alkyl halides is 3. The lowest BCUT2D eigenvalue weighted by atomic mass is 9.95. The summed E-state index contributed by atoms with van der Waals surface area (Å²) in [5.74, 6) is -0.301. The first-order chi connectivity index (χ1) is 11.4. The zero-order chi connectivity index (χ0) is 17.5. The van der Waals surface area contributed by atoms with E-state index in [-0.39, 0.29) is 12.5 Å². The molecule has 0 bridgehead atoms. The van der Waals surface area contributed by atoms with E-state index in [1.165, 1.54) is 6.07 Å². The predicted octanol–water partition coefficient (Wildman–Crippen LogP) is 4.87. The number of hydrogen-bond acceptors (Lipinski definition) is 3. The molecule has 1 aromatic carbocycles. The van der Waals surface area contributed by atoms with Crippen molar-refractivity contribution in [1.82, 2.24) is 4.98 Å². The molecule has 0 saturated heterocycles. The highest BCUT2D eigenvalue weighted by Crippen LogP contribution is 2.43. The molecule has 3 rings (SSSR count). The number of halogens is 3. The minimum atomic E-state index is -4.43. The molecule has 24 heavy (non-hydrogen) atoms. The second-order valence-electron chi connectivity index (χ2n) is 5.93. The standard InChI is InChI=1S/C18H18F3NO2/c1-3-12-13-9-11(18(19,20)21)7-8-14(13)22-16(10-5-6-10)15(12)17(23)24-4-2/h7-10H,3-6H2,1-2H3. The Bertz CT molecular complexity index is 795. The van der Waals surface area contributed by atoms with Gasteiger partial charge in [-0.15, -0.1) is 0 Å². The Kier molecular flexibility index (Phi) is 4.24. The Labute approximate surface area is 137 Å². The van der Waals surface area contributed by atoms with E-state index in [0.29, 0.717) is 34.1 Å². The molecule has 0 atom stereocenters. The van der Waals surface area contributed by atoms with Crippen LogP contribution in [0.5, 0.6) is 0 Å². The highest BCUT2D eigenvalue weighted by Gasteiger charge is 2.34. The normalized spacial score (nSPS) is 14.9. The zero-order valence-electron chi connectivity index (χ0n) is 13.5. The van der Waals surface area contributed by atoms with Crippen LogP contribution in [0.1, 0.15) is 59.8 Å². The minimum absolute atomic E-state index is 0.196. The number of aryl methyl sites for hydroxylation is 1. The van der Waals surface area contributed by atoms with Gasteiger partial charge in [-0.05, 0) is 49.9 Å². The number of ether oxygens (including phenoxy) is 1. The SMILES string of the molecule is CCOC(=O)c1c(C2CC2)nc2ccc(C(F)(F)F)cc2c1CC. The van der Waals surface area contributed by atoms with Gasteiger partial charge in [-0.3, -0.25) is 4.98 Å². The highest BCUT2D eigenvalue weighted by molar-refractivity contribution is 5.99. The van der Waals surface area contributed by atoms with Gasteiger partial charge >= 0.3 is 12.1 Å². The van der Waals surface area contributed by atoms with Gasteiger partial charge in [0.2, 0.25) is 0 Å². The first-order valence-corrected chi connectivity index (χ1v) is 8.07. The minimum Gasteiger partial charge on any atom is -0.462 e. The van der Waals surface area contributed by atoms with Gasteiger partial charge in [0.1, 0.15) is 0 Å². The molecule has 0 spiro atoms. The van der Waals surface area contributed by atoms with Crippen molar-refractivity contribution in [3.63, 3.8) is 0 Å². The van der Waals surface area contributed by atoms with Crippen molar-refractivity contribution in [3.8, 4) is 0 Å². The summed E-state index contributed by atoms with van der Waals surface area (Å²) in [5, 5.41) is 0.375. The van der Waals surface area contributed by atoms with Crippen LogP contribution in [0, 0.1) is 0 Å². The molecule has 1 saturated carbocycles. The first kappa shape index (κ1) is 16.7. The van der Waals surface area contributed by atoms with E-state index in [1.807, 2.05) is 6.92 Å². The highest BCUT2D eigenvalue weighted by atomic mass is 19.4. The number of hydrogen-bond donors (Lipinski definition) is 0. The predicted molar refractivity (Wildman–Crippen MR) is 84.1 cm³/mol. The van der Waals surface area contributed by atoms with Crippen LogP contribution in [0.15, 0.2) is 18.2 Å². The van der Waals surface area contributed by atoms with Gasteiger partial charge in [0.25, 0.3) is 0 Å². The first-order valence-electron chi connectivity index (χ1n) is 8.07. The topological polar surface area (TPSA) is 39.2 Å². The fourth-order valence-corrected chi connectivity index (χ4v) is 2.98. The number of rotatable bonds is 4. The van der Waals surface area contributed by atoms with Gasteiger partial charge in [0.15, 0.2) is 0 Å². The lowest BCUT2D eigenvalue weighted by Gasteiger charge is -2.16. The molecule has 1 aromatic heterocycles. The molecule has 0 unspecified atom stereocenters. The molecule has 6 heteroatoms. The number of carbonyl (C=O) groups excluding carboxylic acids is 1. The van der Waals surface area contributed by atoms with Gasteiger partial charge in [-0.1, -0.05) is 6.92 Å². The summed E-state index contributed by atoms with van der Waals surface area (Å²) >= 11 is 0. The average Bonchev–Trinajstić information content (AvgIpc) is 3.36. The summed E-state index contributed by atoms with van der Waals surface area (Å²) in [6.07, 6.45) is -2.12. The maximum atomic E-state index is 13.0. The molecule has 1 aliphatic carbocycles. The van der Waals surface area contributed by atoms with Gasteiger partial charge in [0.05, 0.1) is 28.9 Å². The summed E-state index contributed by atoms with van der Waals surface area (Å²) in [6, 6.07) is 3.51. The molecule has 0 amide bonds. The maximum absolute atomic E-state index is 13.0. The third-order valence-corrected chi connectivity index (χ3v) is 4.24. The van der Waals surface area contributed by atoms with Crippen molar-refractivity contribution in [2.75, 3.05) is 6.61 Å². The number of fused-ring (bicyclic) bond motifs is 1. The summed E-state index contributed by atoms with van der Waals surface area (Å²) in [5.41, 5.74) is 1.37. The fraction of sp³-hybridized carbons (Fsp3) is 0.444. The van der Waals surface area contributed by atoms with Crippen molar-refractivity contribution in [2.45, 2.75) is 45.2 Å². The van der Waals surface area contributed by atoms with Gasteiger partial charge < -0.3 is 4.74 Å². The Hall–Kier alpha value is -2.11. The zero-order valence-corrected chi connectivity index (χ0v) is 13.5. The van der Waals surface area contributed by atoms with Gasteiger partial charge in [0, 0.05) is 11.3 Å². The Morgan fingerprint density at radius 3 is 2.54 bits per heavy atom. The second-order valence-corrected chi connectivity index (χ2v) is 5.93. The van der Waals surface area contributed by atoms with E-state index >= 15 is 0 Å².